The Hall–Kier alpha value is -0.440. The van der Waals surface area contributed by atoms with E-state index in [9.17, 15) is 20.4 Å². The lowest BCUT2D eigenvalue weighted by Gasteiger charge is -2.61. The van der Waals surface area contributed by atoms with Crippen molar-refractivity contribution in [2.45, 2.75) is 159 Å². The molecule has 11 nitrogen and oxygen atoms in total. The molecule has 2 aliphatic heterocycles. The van der Waals surface area contributed by atoms with Gasteiger partial charge in [-0.15, -0.1) is 0 Å². The van der Waals surface area contributed by atoms with Gasteiger partial charge in [0.25, 0.3) is 0 Å². The molecule has 6 fully saturated rings. The highest BCUT2D eigenvalue weighted by molar-refractivity contribution is 5.11. The van der Waals surface area contributed by atoms with Crippen molar-refractivity contribution < 1.29 is 48.8 Å². The Labute approximate surface area is 293 Å². The van der Waals surface area contributed by atoms with Crippen LogP contribution in [0.2, 0.25) is 0 Å². The number of fused-ring (bicyclic) bond motifs is 5. The molecule has 6 N–H and O–H groups in total. The molecule has 0 aromatic rings. The first-order valence-electron chi connectivity index (χ1n) is 19.5. The summed E-state index contributed by atoms with van der Waals surface area (Å²) in [4.78, 5) is 0. The van der Waals surface area contributed by atoms with Crippen LogP contribution >= 0.6 is 0 Å². The van der Waals surface area contributed by atoms with E-state index in [1.165, 1.54) is 32.8 Å². The number of ether oxygens (including phenoxy) is 6. The average Bonchev–Trinajstić information content (AvgIpc) is 3.37. The van der Waals surface area contributed by atoms with E-state index >= 15 is 0 Å². The van der Waals surface area contributed by atoms with Crippen LogP contribution in [0.15, 0.2) is 0 Å². The predicted molar refractivity (Wildman–Crippen MR) is 182 cm³/mol. The fourth-order valence-corrected chi connectivity index (χ4v) is 11.7. The van der Waals surface area contributed by atoms with Gasteiger partial charge < -0.3 is 54.6 Å². The maximum atomic E-state index is 11.1. The first-order chi connectivity index (χ1) is 23.4. The van der Waals surface area contributed by atoms with E-state index in [2.05, 4.69) is 20.8 Å². The summed E-state index contributed by atoms with van der Waals surface area (Å²) in [6.07, 6.45) is 5.66. The highest BCUT2D eigenvalue weighted by Gasteiger charge is 2.63. The molecule has 284 valence electrons. The molecule has 0 bridgehead atoms. The number of aliphatic hydroxyl groups is 4. The summed E-state index contributed by atoms with van der Waals surface area (Å²) in [6, 6.07) is 0. The van der Waals surface area contributed by atoms with Crippen molar-refractivity contribution in [1.82, 2.24) is 0 Å². The van der Waals surface area contributed by atoms with Crippen LogP contribution in [0.1, 0.15) is 97.8 Å². The van der Waals surface area contributed by atoms with Gasteiger partial charge in [0, 0.05) is 14.2 Å². The fraction of sp³-hybridized carbons (Fsp3) is 1.00. The molecule has 49 heavy (non-hydrogen) atoms. The summed E-state index contributed by atoms with van der Waals surface area (Å²) >= 11 is 0. The largest absolute Gasteiger partial charge is 0.393 e. The molecule has 4 saturated carbocycles. The van der Waals surface area contributed by atoms with Gasteiger partial charge >= 0.3 is 0 Å². The molecule has 0 aromatic carbocycles. The number of aliphatic hydroxyl groups excluding tert-OH is 4. The molecule has 6 rings (SSSR count). The molecule has 15 unspecified atom stereocenters. The molecule has 0 spiro atoms. The summed E-state index contributed by atoms with van der Waals surface area (Å²) in [5.41, 5.74) is 6.41. The van der Waals surface area contributed by atoms with Gasteiger partial charge in [0.1, 0.15) is 36.6 Å². The Morgan fingerprint density at radius 2 is 1.47 bits per heavy atom. The van der Waals surface area contributed by atoms with Gasteiger partial charge in [-0.25, -0.2) is 0 Å². The minimum atomic E-state index is -1.19. The normalized spacial score (nSPS) is 50.7. The number of unbranched alkanes of at least 4 members (excludes halogenated alkanes) is 1. The minimum absolute atomic E-state index is 0.0100. The van der Waals surface area contributed by atoms with Gasteiger partial charge in [-0.2, -0.15) is 0 Å². The van der Waals surface area contributed by atoms with Crippen molar-refractivity contribution in [3.63, 3.8) is 0 Å². The van der Waals surface area contributed by atoms with Gasteiger partial charge in [-0.1, -0.05) is 33.6 Å². The molecule has 0 aromatic heterocycles. The van der Waals surface area contributed by atoms with Gasteiger partial charge in [0.2, 0.25) is 0 Å². The lowest BCUT2D eigenvalue weighted by molar-refractivity contribution is -0.344. The molecular weight excluding hydrogens is 630 g/mol. The van der Waals surface area contributed by atoms with E-state index in [1.54, 1.807) is 7.11 Å². The van der Waals surface area contributed by atoms with Crippen molar-refractivity contribution in [3.05, 3.63) is 0 Å². The van der Waals surface area contributed by atoms with Crippen LogP contribution in [-0.4, -0.2) is 116 Å². The Balaban J connectivity index is 1.21. The highest BCUT2D eigenvalue weighted by atomic mass is 16.7. The molecule has 4 aliphatic carbocycles. The summed E-state index contributed by atoms with van der Waals surface area (Å²) < 4.78 is 36.7. The number of hydrogen-bond acceptors (Lipinski definition) is 11. The monoisotopic (exact) mass is 697 g/mol. The van der Waals surface area contributed by atoms with E-state index in [-0.39, 0.29) is 30.8 Å². The van der Waals surface area contributed by atoms with Crippen LogP contribution in [0.4, 0.5) is 0 Å². The number of rotatable bonds is 12. The first kappa shape index (κ1) is 38.3. The maximum absolute atomic E-state index is 11.1. The van der Waals surface area contributed by atoms with Crippen LogP contribution in [-0.2, 0) is 28.4 Å². The van der Waals surface area contributed by atoms with Crippen molar-refractivity contribution in [2.75, 3.05) is 34.0 Å². The second-order valence-electron chi connectivity index (χ2n) is 17.3. The summed E-state index contributed by atoms with van der Waals surface area (Å²) in [5.74, 6) is 3.41. The van der Waals surface area contributed by atoms with Crippen molar-refractivity contribution in [2.24, 2.45) is 52.1 Å². The predicted octanol–water partition coefficient (Wildman–Crippen LogP) is 3.37. The Morgan fingerprint density at radius 3 is 2.18 bits per heavy atom. The van der Waals surface area contributed by atoms with Crippen molar-refractivity contribution >= 4 is 0 Å². The standard InChI is InChI=1S/C38H67NO10/c1-21(18-39)8-6-7-9-26-30(17-27-24-11-10-22-16-23(40)12-14-37(22,2)25(24)13-15-38(26,27)3)48-36-34(45-5)32(29(42)20-47-36)49-35-33(44-4)31(43)28(41)19-46-35/h21-36,40-43H,6-20,39H2,1-5H3/t21?,22?,23?,24?,25-,26?,27?,28?,29?,30?,31?,32?,33+,34+,35?,36?,37?,38?/m0/s1. The molecule has 2 saturated heterocycles. The molecule has 11 heteroatoms. The van der Waals surface area contributed by atoms with E-state index in [0.717, 1.165) is 57.9 Å². The zero-order valence-corrected chi connectivity index (χ0v) is 30.7. The summed E-state index contributed by atoms with van der Waals surface area (Å²) in [5, 5.41) is 42.3. The van der Waals surface area contributed by atoms with Gasteiger partial charge in [0.15, 0.2) is 12.6 Å². The molecule has 6 aliphatic rings. The minimum Gasteiger partial charge on any atom is -0.393 e. The second-order valence-corrected chi connectivity index (χ2v) is 17.3. The van der Waals surface area contributed by atoms with Crippen LogP contribution in [0.25, 0.3) is 0 Å². The number of hydrogen-bond donors (Lipinski definition) is 5. The fourth-order valence-electron chi connectivity index (χ4n) is 11.7. The maximum Gasteiger partial charge on any atom is 0.187 e. The van der Waals surface area contributed by atoms with E-state index < -0.39 is 49.2 Å². The molecule has 0 radical (unpaired) electrons. The third-order valence-corrected chi connectivity index (χ3v) is 14.7. The lowest BCUT2D eigenvalue weighted by Crippen LogP contribution is -2.61. The van der Waals surface area contributed by atoms with E-state index in [4.69, 9.17) is 34.2 Å². The average molecular weight is 698 g/mol. The van der Waals surface area contributed by atoms with Crippen molar-refractivity contribution in [3.8, 4) is 0 Å². The highest BCUT2D eigenvalue weighted by Crippen LogP contribution is 2.68. The Bertz CT molecular complexity index is 1070. The molecule has 2 heterocycles. The third kappa shape index (κ3) is 7.39. The smallest absolute Gasteiger partial charge is 0.187 e. The molecule has 18 atom stereocenters. The van der Waals surface area contributed by atoms with Crippen LogP contribution in [0.3, 0.4) is 0 Å². The Morgan fingerprint density at radius 1 is 0.776 bits per heavy atom. The molecular formula is C38H67NO10. The SMILES string of the molecule is CO[C@H]1C(OC2C(O)COC(OC3CC4C5CCC6CC(O)CCC6(C)[C@H]5CCC4(C)C3CCCCC(C)CN)[C@@H]2OC)OCC(O)C1O. The van der Waals surface area contributed by atoms with Gasteiger partial charge in [0.05, 0.1) is 25.4 Å². The van der Waals surface area contributed by atoms with Crippen LogP contribution in [0.5, 0.6) is 0 Å². The topological polar surface area (TPSA) is 162 Å². The van der Waals surface area contributed by atoms with Gasteiger partial charge in [-0.05, 0) is 117 Å². The van der Waals surface area contributed by atoms with E-state index in [1.807, 2.05) is 0 Å². The van der Waals surface area contributed by atoms with Gasteiger partial charge in [-0.3, -0.25) is 0 Å². The quantitative estimate of drug-likeness (QED) is 0.190. The Kier molecular flexibility index (Phi) is 12.4. The zero-order chi connectivity index (χ0) is 35.1. The third-order valence-electron chi connectivity index (χ3n) is 14.7. The van der Waals surface area contributed by atoms with Crippen LogP contribution in [0, 0.1) is 46.3 Å². The lowest BCUT2D eigenvalue weighted by atomic mass is 9.44. The second kappa shape index (κ2) is 15.9. The first-order valence-corrected chi connectivity index (χ1v) is 19.5. The number of nitrogens with two attached hydrogens (primary N) is 1. The molecule has 0 amide bonds. The van der Waals surface area contributed by atoms with E-state index in [0.29, 0.717) is 40.9 Å². The summed E-state index contributed by atoms with van der Waals surface area (Å²) in [6.45, 7) is 7.93. The summed E-state index contributed by atoms with van der Waals surface area (Å²) in [7, 11) is 3.00. The zero-order valence-electron chi connectivity index (χ0n) is 30.7. The van der Waals surface area contributed by atoms with Crippen LogP contribution < -0.4 is 5.73 Å². The van der Waals surface area contributed by atoms with Crippen molar-refractivity contribution in [1.29, 1.82) is 0 Å². The number of methoxy groups -OCH3 is 2.